The van der Waals surface area contributed by atoms with Gasteiger partial charge in [-0.05, 0) is 48.1 Å². The second-order valence-electron chi connectivity index (χ2n) is 7.27. The number of carbonyl (C=O) groups excluding carboxylic acids is 1. The Morgan fingerprint density at radius 3 is 2.38 bits per heavy atom. The number of aryl methyl sites for hydroxylation is 1. The van der Waals surface area contributed by atoms with E-state index in [0.717, 1.165) is 11.1 Å². The molecule has 2 aromatic carbocycles. The second-order valence-corrected chi connectivity index (χ2v) is 7.27. The van der Waals surface area contributed by atoms with E-state index in [1.54, 1.807) is 0 Å². The van der Waals surface area contributed by atoms with E-state index in [1.807, 2.05) is 38.1 Å². The molecule has 0 saturated heterocycles. The number of amides is 1. The molecule has 0 radical (unpaired) electrons. The maximum atomic E-state index is 12.1. The van der Waals surface area contributed by atoms with E-state index in [9.17, 15) is 4.79 Å². The first kappa shape index (κ1) is 18.1. The predicted octanol–water partition coefficient (Wildman–Crippen LogP) is 4.55. The summed E-state index contributed by atoms with van der Waals surface area (Å²) in [4.78, 5) is 12.1. The zero-order valence-electron chi connectivity index (χ0n) is 15.2. The van der Waals surface area contributed by atoms with Gasteiger partial charge in [0, 0.05) is 0 Å². The fourth-order valence-corrected chi connectivity index (χ4v) is 2.49. The van der Waals surface area contributed by atoms with E-state index in [4.69, 9.17) is 4.74 Å². The Kier molecular flexibility index (Phi) is 5.66. The fourth-order valence-electron chi connectivity index (χ4n) is 2.49. The lowest BCUT2D eigenvalue weighted by molar-refractivity contribution is -0.123. The van der Waals surface area contributed by atoms with Gasteiger partial charge in [0.25, 0.3) is 5.91 Å². The fraction of sp³-hybridized carbons (Fsp3) is 0.381. The molecule has 0 aromatic heterocycles. The minimum Gasteiger partial charge on any atom is -0.484 e. The van der Waals surface area contributed by atoms with Crippen LogP contribution in [0.4, 0.5) is 0 Å². The van der Waals surface area contributed by atoms with Gasteiger partial charge in [0.15, 0.2) is 6.61 Å². The third-order valence-electron chi connectivity index (χ3n) is 4.01. The van der Waals surface area contributed by atoms with E-state index in [-0.39, 0.29) is 24.0 Å². The van der Waals surface area contributed by atoms with Gasteiger partial charge in [-0.15, -0.1) is 0 Å². The first-order chi connectivity index (χ1) is 11.3. The number of carbonyl (C=O) groups is 1. The Hall–Kier alpha value is -2.29. The minimum atomic E-state index is -0.121. The maximum absolute atomic E-state index is 12.1. The molecule has 0 heterocycles. The highest BCUT2D eigenvalue weighted by Gasteiger charge is 2.15. The van der Waals surface area contributed by atoms with E-state index in [2.05, 4.69) is 50.4 Å². The third kappa shape index (κ3) is 5.12. The van der Waals surface area contributed by atoms with Crippen LogP contribution in [0.3, 0.4) is 0 Å². The Morgan fingerprint density at radius 2 is 1.79 bits per heavy atom. The van der Waals surface area contributed by atoms with Crippen molar-refractivity contribution >= 4 is 5.91 Å². The maximum Gasteiger partial charge on any atom is 0.258 e. The Labute approximate surface area is 145 Å². The minimum absolute atomic E-state index is 0.0217. The van der Waals surface area contributed by atoms with E-state index < -0.39 is 0 Å². The zero-order valence-corrected chi connectivity index (χ0v) is 15.2. The van der Waals surface area contributed by atoms with E-state index in [1.165, 1.54) is 5.56 Å². The van der Waals surface area contributed by atoms with Gasteiger partial charge < -0.3 is 10.1 Å². The van der Waals surface area contributed by atoms with Crippen LogP contribution < -0.4 is 10.1 Å². The smallest absolute Gasteiger partial charge is 0.258 e. The van der Waals surface area contributed by atoms with Crippen molar-refractivity contribution in [3.63, 3.8) is 0 Å². The zero-order chi connectivity index (χ0) is 17.7. The van der Waals surface area contributed by atoms with Crippen molar-refractivity contribution in [3.8, 4) is 5.75 Å². The van der Waals surface area contributed by atoms with Crippen molar-refractivity contribution in [1.82, 2.24) is 5.32 Å². The SMILES string of the molecule is Cc1cccc(OCC(=O)NC(C)c2ccc(C(C)(C)C)cc2)c1. The summed E-state index contributed by atoms with van der Waals surface area (Å²) in [7, 11) is 0. The molecule has 0 aliphatic heterocycles. The number of nitrogens with one attached hydrogen (secondary N) is 1. The summed E-state index contributed by atoms with van der Waals surface area (Å²) in [5.74, 6) is 0.594. The molecule has 0 fully saturated rings. The van der Waals surface area contributed by atoms with E-state index >= 15 is 0 Å². The van der Waals surface area contributed by atoms with Crippen LogP contribution in [0.2, 0.25) is 0 Å². The molecule has 0 spiro atoms. The molecule has 3 nitrogen and oxygen atoms in total. The van der Waals surface area contributed by atoms with Crippen molar-refractivity contribution in [3.05, 3.63) is 65.2 Å². The van der Waals surface area contributed by atoms with Gasteiger partial charge in [0.05, 0.1) is 6.04 Å². The number of hydrogen-bond donors (Lipinski definition) is 1. The monoisotopic (exact) mass is 325 g/mol. The second kappa shape index (κ2) is 7.52. The van der Waals surface area contributed by atoms with Crippen molar-refractivity contribution in [2.45, 2.75) is 46.1 Å². The van der Waals surface area contributed by atoms with Crippen molar-refractivity contribution in [2.24, 2.45) is 0 Å². The molecular weight excluding hydrogens is 298 g/mol. The summed E-state index contributed by atoms with van der Waals surface area (Å²) in [6, 6.07) is 16.0. The number of benzene rings is 2. The van der Waals surface area contributed by atoms with Crippen LogP contribution in [0.5, 0.6) is 5.75 Å². The lowest BCUT2D eigenvalue weighted by atomic mass is 9.86. The highest BCUT2D eigenvalue weighted by molar-refractivity contribution is 5.78. The van der Waals surface area contributed by atoms with Crippen LogP contribution >= 0.6 is 0 Å². The van der Waals surface area contributed by atoms with Gasteiger partial charge in [-0.1, -0.05) is 57.2 Å². The largest absolute Gasteiger partial charge is 0.484 e. The molecule has 128 valence electrons. The average molecular weight is 325 g/mol. The molecule has 0 aliphatic carbocycles. The lowest BCUT2D eigenvalue weighted by Crippen LogP contribution is -2.31. The molecule has 2 rings (SSSR count). The highest BCUT2D eigenvalue weighted by Crippen LogP contribution is 2.23. The molecule has 2 aromatic rings. The molecular formula is C21H27NO2. The first-order valence-electron chi connectivity index (χ1n) is 8.35. The molecule has 0 saturated carbocycles. The summed E-state index contributed by atoms with van der Waals surface area (Å²) < 4.78 is 5.54. The average Bonchev–Trinajstić information content (AvgIpc) is 2.52. The van der Waals surface area contributed by atoms with E-state index in [0.29, 0.717) is 5.75 Å². The topological polar surface area (TPSA) is 38.3 Å². The lowest BCUT2D eigenvalue weighted by Gasteiger charge is -2.20. The summed E-state index contributed by atoms with van der Waals surface area (Å²) in [5.41, 5.74) is 3.62. The van der Waals surface area contributed by atoms with Gasteiger partial charge in [-0.3, -0.25) is 4.79 Å². The van der Waals surface area contributed by atoms with Gasteiger partial charge >= 0.3 is 0 Å². The van der Waals surface area contributed by atoms with Crippen LogP contribution in [-0.4, -0.2) is 12.5 Å². The van der Waals surface area contributed by atoms with Gasteiger partial charge in [-0.2, -0.15) is 0 Å². The van der Waals surface area contributed by atoms with Gasteiger partial charge in [0.1, 0.15) is 5.75 Å². The molecule has 0 bridgehead atoms. The van der Waals surface area contributed by atoms with Gasteiger partial charge in [-0.25, -0.2) is 0 Å². The summed E-state index contributed by atoms with van der Waals surface area (Å²) in [5, 5.41) is 2.98. The van der Waals surface area contributed by atoms with Crippen LogP contribution in [0.25, 0.3) is 0 Å². The Balaban J connectivity index is 1.89. The molecule has 1 N–H and O–H groups in total. The van der Waals surface area contributed by atoms with Crippen molar-refractivity contribution in [1.29, 1.82) is 0 Å². The van der Waals surface area contributed by atoms with Crippen molar-refractivity contribution in [2.75, 3.05) is 6.61 Å². The first-order valence-corrected chi connectivity index (χ1v) is 8.35. The Bertz CT molecular complexity index is 684. The normalized spacial score (nSPS) is 12.5. The molecule has 1 unspecified atom stereocenters. The molecule has 1 atom stereocenters. The highest BCUT2D eigenvalue weighted by atomic mass is 16.5. The number of rotatable bonds is 5. The van der Waals surface area contributed by atoms with Crippen LogP contribution in [0, 0.1) is 6.92 Å². The summed E-state index contributed by atoms with van der Waals surface area (Å²) in [6.07, 6.45) is 0. The Morgan fingerprint density at radius 1 is 1.12 bits per heavy atom. The van der Waals surface area contributed by atoms with Crippen LogP contribution in [0.15, 0.2) is 48.5 Å². The quantitative estimate of drug-likeness (QED) is 0.876. The molecule has 1 amide bonds. The summed E-state index contributed by atoms with van der Waals surface area (Å²) >= 11 is 0. The third-order valence-corrected chi connectivity index (χ3v) is 4.01. The molecule has 0 aliphatic rings. The van der Waals surface area contributed by atoms with Crippen LogP contribution in [0.1, 0.15) is 50.4 Å². The molecule has 24 heavy (non-hydrogen) atoms. The molecule has 3 heteroatoms. The summed E-state index contributed by atoms with van der Waals surface area (Å²) in [6.45, 7) is 10.6. The van der Waals surface area contributed by atoms with Gasteiger partial charge in [0.2, 0.25) is 0 Å². The van der Waals surface area contributed by atoms with Crippen LogP contribution in [-0.2, 0) is 10.2 Å². The predicted molar refractivity (Wildman–Crippen MR) is 98.4 cm³/mol. The number of hydrogen-bond acceptors (Lipinski definition) is 2. The number of ether oxygens (including phenoxy) is 1. The van der Waals surface area contributed by atoms with Crippen molar-refractivity contribution < 1.29 is 9.53 Å². The standard InChI is InChI=1S/C21H27NO2/c1-15-7-6-8-19(13-15)24-14-20(23)22-16(2)17-9-11-18(12-10-17)21(3,4)5/h6-13,16H,14H2,1-5H3,(H,22,23).